The zero-order chi connectivity index (χ0) is 16.5. The number of carbonyl (C=O) groups is 1. The van der Waals surface area contributed by atoms with Gasteiger partial charge in [-0.15, -0.1) is 0 Å². The third-order valence-corrected chi connectivity index (χ3v) is 4.21. The predicted molar refractivity (Wildman–Crippen MR) is 90.5 cm³/mol. The van der Waals surface area contributed by atoms with Crippen LogP contribution in [0.1, 0.15) is 75.2 Å². The molecule has 0 spiro atoms. The highest BCUT2D eigenvalue weighted by molar-refractivity contribution is 5.92. The van der Waals surface area contributed by atoms with E-state index in [2.05, 4.69) is 20.8 Å². The first-order chi connectivity index (χ1) is 10.4. The first kappa shape index (κ1) is 18.5. The van der Waals surface area contributed by atoms with Crippen molar-refractivity contribution in [2.45, 2.75) is 65.7 Å². The molecule has 0 aliphatic carbocycles. The lowest BCUT2D eigenvalue weighted by Gasteiger charge is -2.12. The average molecular weight is 306 g/mol. The maximum absolute atomic E-state index is 11.2. The van der Waals surface area contributed by atoms with Crippen LogP contribution in [0.25, 0.3) is 0 Å². The summed E-state index contributed by atoms with van der Waals surface area (Å²) in [4.78, 5) is 11.2. The molecule has 22 heavy (non-hydrogen) atoms. The van der Waals surface area contributed by atoms with E-state index in [-0.39, 0.29) is 11.3 Å². The van der Waals surface area contributed by atoms with E-state index in [9.17, 15) is 15.0 Å². The van der Waals surface area contributed by atoms with Crippen LogP contribution in [-0.2, 0) is 6.42 Å². The largest absolute Gasteiger partial charge is 0.507 e. The molecule has 1 rings (SSSR count). The third-order valence-electron chi connectivity index (χ3n) is 4.21. The van der Waals surface area contributed by atoms with E-state index >= 15 is 0 Å². The number of aromatic carboxylic acids is 1. The summed E-state index contributed by atoms with van der Waals surface area (Å²) in [6.07, 6.45) is 7.87. The zero-order valence-corrected chi connectivity index (χ0v) is 14.1. The predicted octanol–water partition coefficient (Wildman–Crippen LogP) is 5.27. The Morgan fingerprint density at radius 3 is 2.36 bits per heavy atom. The van der Waals surface area contributed by atoms with Crippen LogP contribution in [0.3, 0.4) is 0 Å². The number of unbranched alkanes of at least 4 members (excludes halogenated alkanes) is 1. The van der Waals surface area contributed by atoms with Gasteiger partial charge in [0, 0.05) is 0 Å². The molecule has 2 N–H and O–H groups in total. The Labute approximate surface area is 134 Å². The van der Waals surface area contributed by atoms with E-state index in [1.54, 1.807) is 12.1 Å². The topological polar surface area (TPSA) is 57.5 Å². The SMILES string of the molecule is CC(C)CCC[C@H](C)CCCCc1cccc(O)c1C(=O)O. The molecule has 0 aliphatic heterocycles. The number of rotatable bonds is 10. The van der Waals surface area contributed by atoms with Gasteiger partial charge in [0.15, 0.2) is 0 Å². The van der Waals surface area contributed by atoms with Crippen LogP contribution in [0.5, 0.6) is 5.75 Å². The number of carboxylic acid groups (broad SMARTS) is 1. The molecule has 0 saturated heterocycles. The Morgan fingerprint density at radius 2 is 1.73 bits per heavy atom. The molecule has 0 unspecified atom stereocenters. The lowest BCUT2D eigenvalue weighted by atomic mass is 9.94. The molecule has 0 aliphatic rings. The highest BCUT2D eigenvalue weighted by atomic mass is 16.4. The van der Waals surface area contributed by atoms with Crippen molar-refractivity contribution in [1.29, 1.82) is 0 Å². The van der Waals surface area contributed by atoms with Crippen LogP contribution in [0.2, 0.25) is 0 Å². The third kappa shape index (κ3) is 6.50. The Balaban J connectivity index is 2.33. The molecule has 0 fully saturated rings. The first-order valence-corrected chi connectivity index (χ1v) is 8.46. The molecule has 124 valence electrons. The van der Waals surface area contributed by atoms with Gasteiger partial charge in [-0.1, -0.05) is 65.0 Å². The van der Waals surface area contributed by atoms with Gasteiger partial charge in [-0.2, -0.15) is 0 Å². The van der Waals surface area contributed by atoms with Crippen LogP contribution < -0.4 is 0 Å². The van der Waals surface area contributed by atoms with Gasteiger partial charge in [-0.3, -0.25) is 0 Å². The molecule has 1 atom stereocenters. The van der Waals surface area contributed by atoms with E-state index in [0.29, 0.717) is 0 Å². The Kier molecular flexibility index (Phi) is 8.00. The van der Waals surface area contributed by atoms with Gasteiger partial charge < -0.3 is 10.2 Å². The standard InChI is InChI=1S/C19H30O3/c1-14(2)8-6-10-15(3)9-4-5-11-16-12-7-13-17(20)18(16)19(21)22/h7,12-15,20H,4-6,8-11H2,1-3H3,(H,21,22)/t15-/m1/s1. The van der Waals surface area contributed by atoms with Crippen molar-refractivity contribution in [2.75, 3.05) is 0 Å². The second kappa shape index (κ2) is 9.50. The second-order valence-electron chi connectivity index (χ2n) is 6.79. The second-order valence-corrected chi connectivity index (χ2v) is 6.79. The fraction of sp³-hybridized carbons (Fsp3) is 0.632. The monoisotopic (exact) mass is 306 g/mol. The molecule has 0 heterocycles. The minimum atomic E-state index is -1.05. The van der Waals surface area contributed by atoms with Gasteiger partial charge in [0.2, 0.25) is 0 Å². The van der Waals surface area contributed by atoms with Crippen LogP contribution in [0, 0.1) is 11.8 Å². The maximum Gasteiger partial charge on any atom is 0.339 e. The average Bonchev–Trinajstić information content (AvgIpc) is 2.42. The van der Waals surface area contributed by atoms with Crippen LogP contribution in [-0.4, -0.2) is 16.2 Å². The molecule has 0 saturated carbocycles. The van der Waals surface area contributed by atoms with Gasteiger partial charge in [0.05, 0.1) is 0 Å². The summed E-state index contributed by atoms with van der Waals surface area (Å²) in [6.45, 7) is 6.83. The van der Waals surface area contributed by atoms with Crippen molar-refractivity contribution < 1.29 is 15.0 Å². The van der Waals surface area contributed by atoms with Crippen molar-refractivity contribution in [2.24, 2.45) is 11.8 Å². The number of aromatic hydroxyl groups is 1. The summed E-state index contributed by atoms with van der Waals surface area (Å²) in [5.74, 6) is 0.344. The fourth-order valence-electron chi connectivity index (χ4n) is 2.87. The van der Waals surface area contributed by atoms with E-state index in [1.807, 2.05) is 0 Å². The summed E-state index contributed by atoms with van der Waals surface area (Å²) < 4.78 is 0. The zero-order valence-electron chi connectivity index (χ0n) is 14.1. The molecule has 0 aromatic heterocycles. The summed E-state index contributed by atoms with van der Waals surface area (Å²) in [5, 5.41) is 18.8. The molecule has 0 bridgehead atoms. The lowest BCUT2D eigenvalue weighted by molar-refractivity contribution is 0.0692. The van der Waals surface area contributed by atoms with Gasteiger partial charge >= 0.3 is 5.97 Å². The Bertz CT molecular complexity index is 466. The van der Waals surface area contributed by atoms with E-state index in [1.165, 1.54) is 31.7 Å². The molecule has 1 aromatic carbocycles. The summed E-state index contributed by atoms with van der Waals surface area (Å²) in [6, 6.07) is 4.95. The van der Waals surface area contributed by atoms with Crippen LogP contribution in [0.4, 0.5) is 0 Å². The van der Waals surface area contributed by atoms with Crippen molar-refractivity contribution in [1.82, 2.24) is 0 Å². The number of hydrogen-bond donors (Lipinski definition) is 2. The number of aryl methyl sites for hydroxylation is 1. The lowest BCUT2D eigenvalue weighted by Crippen LogP contribution is -2.03. The van der Waals surface area contributed by atoms with Gasteiger partial charge in [0.1, 0.15) is 11.3 Å². The molecule has 3 heteroatoms. The number of benzene rings is 1. The molecular weight excluding hydrogens is 276 g/mol. The smallest absolute Gasteiger partial charge is 0.339 e. The maximum atomic E-state index is 11.2. The minimum absolute atomic E-state index is 0.0625. The van der Waals surface area contributed by atoms with Gasteiger partial charge in [0.25, 0.3) is 0 Å². The number of hydrogen-bond acceptors (Lipinski definition) is 2. The summed E-state index contributed by atoms with van der Waals surface area (Å²) >= 11 is 0. The Morgan fingerprint density at radius 1 is 1.05 bits per heavy atom. The van der Waals surface area contributed by atoms with Gasteiger partial charge in [-0.05, 0) is 36.3 Å². The van der Waals surface area contributed by atoms with Crippen molar-refractivity contribution in [3.05, 3.63) is 29.3 Å². The van der Waals surface area contributed by atoms with Crippen molar-refractivity contribution in [3.8, 4) is 5.75 Å². The highest BCUT2D eigenvalue weighted by Gasteiger charge is 2.14. The van der Waals surface area contributed by atoms with E-state index in [4.69, 9.17) is 0 Å². The molecule has 1 aromatic rings. The number of carboxylic acids is 1. The highest BCUT2D eigenvalue weighted by Crippen LogP contribution is 2.24. The summed E-state index contributed by atoms with van der Waals surface area (Å²) in [7, 11) is 0. The van der Waals surface area contributed by atoms with Crippen molar-refractivity contribution in [3.63, 3.8) is 0 Å². The Hall–Kier alpha value is -1.51. The fourth-order valence-corrected chi connectivity index (χ4v) is 2.87. The molecule has 0 radical (unpaired) electrons. The normalized spacial score (nSPS) is 12.5. The first-order valence-electron chi connectivity index (χ1n) is 8.46. The van der Waals surface area contributed by atoms with Gasteiger partial charge in [-0.25, -0.2) is 4.79 Å². The molecular formula is C19H30O3. The van der Waals surface area contributed by atoms with Crippen LogP contribution in [0.15, 0.2) is 18.2 Å². The minimum Gasteiger partial charge on any atom is -0.507 e. The van der Waals surface area contributed by atoms with Crippen molar-refractivity contribution >= 4 is 5.97 Å². The quantitative estimate of drug-likeness (QED) is 0.579. The summed E-state index contributed by atoms with van der Waals surface area (Å²) in [5.41, 5.74) is 0.799. The number of phenols is 1. The molecule has 0 amide bonds. The molecule has 3 nitrogen and oxygen atoms in total. The van der Waals surface area contributed by atoms with E-state index < -0.39 is 5.97 Å². The van der Waals surface area contributed by atoms with Crippen LogP contribution >= 0.6 is 0 Å². The van der Waals surface area contributed by atoms with E-state index in [0.717, 1.165) is 36.7 Å².